The summed E-state index contributed by atoms with van der Waals surface area (Å²) in [5.41, 5.74) is 2.75. The summed E-state index contributed by atoms with van der Waals surface area (Å²) in [5.74, 6) is 0.410. The van der Waals surface area contributed by atoms with Crippen LogP contribution in [0.25, 0.3) is 17.1 Å². The molecule has 0 fully saturated rings. The van der Waals surface area contributed by atoms with Crippen LogP contribution in [0.2, 0.25) is 0 Å². The van der Waals surface area contributed by atoms with E-state index in [0.29, 0.717) is 22.7 Å². The molecule has 0 aliphatic heterocycles. The van der Waals surface area contributed by atoms with E-state index in [0.717, 1.165) is 17.0 Å². The molecule has 0 bridgehead atoms. The second-order valence-electron chi connectivity index (χ2n) is 6.50. The Labute approximate surface area is 161 Å². The molecule has 0 aliphatic carbocycles. The van der Waals surface area contributed by atoms with Crippen LogP contribution in [0.5, 0.6) is 0 Å². The molecular weight excluding hydrogens is 357 g/mol. The van der Waals surface area contributed by atoms with Gasteiger partial charge in [0.2, 0.25) is 0 Å². The van der Waals surface area contributed by atoms with E-state index in [2.05, 4.69) is 10.4 Å². The van der Waals surface area contributed by atoms with Gasteiger partial charge in [0, 0.05) is 11.9 Å². The Hall–Kier alpha value is -3.67. The maximum atomic E-state index is 13.6. The van der Waals surface area contributed by atoms with Gasteiger partial charge in [-0.2, -0.15) is 5.10 Å². The van der Waals surface area contributed by atoms with E-state index in [1.54, 1.807) is 29.9 Å². The van der Waals surface area contributed by atoms with Gasteiger partial charge in [-0.1, -0.05) is 24.3 Å². The molecule has 4 rings (SSSR count). The molecule has 1 amide bonds. The van der Waals surface area contributed by atoms with Crippen LogP contribution in [0.3, 0.4) is 0 Å². The predicted octanol–water partition coefficient (Wildman–Crippen LogP) is 5.14. The van der Waals surface area contributed by atoms with Crippen LogP contribution in [0.15, 0.2) is 71.3 Å². The Balaban J connectivity index is 1.77. The van der Waals surface area contributed by atoms with Gasteiger partial charge < -0.3 is 9.73 Å². The number of hydrogen-bond acceptors (Lipinski definition) is 3. The summed E-state index contributed by atoms with van der Waals surface area (Å²) in [6, 6.07) is 17.3. The summed E-state index contributed by atoms with van der Waals surface area (Å²) in [4.78, 5) is 13.0. The summed E-state index contributed by atoms with van der Waals surface area (Å²) in [5, 5.41) is 7.33. The van der Waals surface area contributed by atoms with Crippen LogP contribution < -0.4 is 5.32 Å². The van der Waals surface area contributed by atoms with Gasteiger partial charge in [0.05, 0.1) is 11.3 Å². The van der Waals surface area contributed by atoms with Crippen LogP contribution >= 0.6 is 0 Å². The number of anilines is 1. The van der Waals surface area contributed by atoms with E-state index in [4.69, 9.17) is 4.42 Å². The van der Waals surface area contributed by atoms with Crippen molar-refractivity contribution < 1.29 is 13.6 Å². The number of carbonyl (C=O) groups excluding carboxylic acids is 1. The molecule has 0 saturated heterocycles. The standard InChI is InChI=1S/C22H18FN3O2/c1-14-8-10-16(23)12-19(14)24-22(27)18-13-26(17-6-4-3-5-7-17)25-21(18)20-11-9-15(2)28-20/h3-13H,1-2H3,(H,24,27). The Bertz CT molecular complexity index is 1150. The highest BCUT2D eigenvalue weighted by Crippen LogP contribution is 2.27. The van der Waals surface area contributed by atoms with Gasteiger partial charge in [0.1, 0.15) is 17.3 Å². The first-order chi connectivity index (χ1) is 13.5. The topological polar surface area (TPSA) is 60.1 Å². The molecule has 28 heavy (non-hydrogen) atoms. The lowest BCUT2D eigenvalue weighted by molar-refractivity contribution is 0.102. The van der Waals surface area contributed by atoms with Crippen molar-refractivity contribution in [1.29, 1.82) is 0 Å². The number of aryl methyl sites for hydroxylation is 2. The van der Waals surface area contributed by atoms with Crippen molar-refractivity contribution in [3.63, 3.8) is 0 Å². The van der Waals surface area contributed by atoms with Crippen molar-refractivity contribution in [2.75, 3.05) is 5.32 Å². The molecule has 4 aromatic rings. The van der Waals surface area contributed by atoms with Crippen LogP contribution in [-0.4, -0.2) is 15.7 Å². The SMILES string of the molecule is Cc1ccc(-c2nn(-c3ccccc3)cc2C(=O)Nc2cc(F)ccc2C)o1. The van der Waals surface area contributed by atoms with Gasteiger partial charge in [-0.25, -0.2) is 9.07 Å². The predicted molar refractivity (Wildman–Crippen MR) is 105 cm³/mol. The number of aromatic nitrogens is 2. The zero-order valence-electron chi connectivity index (χ0n) is 15.4. The highest BCUT2D eigenvalue weighted by Gasteiger charge is 2.21. The van der Waals surface area contributed by atoms with Crippen molar-refractivity contribution >= 4 is 11.6 Å². The Kier molecular flexibility index (Phi) is 4.53. The third-order valence-corrected chi connectivity index (χ3v) is 4.40. The molecule has 0 saturated carbocycles. The quantitative estimate of drug-likeness (QED) is 0.537. The van der Waals surface area contributed by atoms with Crippen molar-refractivity contribution in [2.45, 2.75) is 13.8 Å². The second-order valence-corrected chi connectivity index (χ2v) is 6.50. The van der Waals surface area contributed by atoms with E-state index in [-0.39, 0.29) is 5.91 Å². The summed E-state index contributed by atoms with van der Waals surface area (Å²) in [6.07, 6.45) is 1.65. The number of carbonyl (C=O) groups is 1. The largest absolute Gasteiger partial charge is 0.460 e. The molecule has 1 N–H and O–H groups in total. The fraction of sp³-hybridized carbons (Fsp3) is 0.0909. The molecule has 0 unspecified atom stereocenters. The average molecular weight is 375 g/mol. The number of hydrogen-bond donors (Lipinski definition) is 1. The summed E-state index contributed by atoms with van der Waals surface area (Å²) in [6.45, 7) is 3.63. The van der Waals surface area contributed by atoms with Gasteiger partial charge in [-0.05, 0) is 55.8 Å². The number of nitrogens with zero attached hydrogens (tertiary/aromatic N) is 2. The Morgan fingerprint density at radius 1 is 1.07 bits per heavy atom. The maximum Gasteiger partial charge on any atom is 0.259 e. The number of halogens is 1. The van der Waals surface area contributed by atoms with Crippen molar-refractivity contribution in [2.24, 2.45) is 0 Å². The lowest BCUT2D eigenvalue weighted by atomic mass is 10.1. The van der Waals surface area contributed by atoms with E-state index in [1.165, 1.54) is 12.1 Å². The first-order valence-electron chi connectivity index (χ1n) is 8.80. The summed E-state index contributed by atoms with van der Waals surface area (Å²) >= 11 is 0. The number of nitrogens with one attached hydrogen (secondary N) is 1. The lowest BCUT2D eigenvalue weighted by Crippen LogP contribution is -2.13. The molecule has 6 heteroatoms. The Morgan fingerprint density at radius 2 is 1.86 bits per heavy atom. The molecule has 0 spiro atoms. The number of rotatable bonds is 4. The minimum Gasteiger partial charge on any atom is -0.460 e. The fourth-order valence-corrected chi connectivity index (χ4v) is 2.92. The van der Waals surface area contributed by atoms with Gasteiger partial charge in [0.15, 0.2) is 5.76 Å². The molecule has 140 valence electrons. The van der Waals surface area contributed by atoms with Crippen molar-refractivity contribution in [3.05, 3.63) is 89.6 Å². The van der Waals surface area contributed by atoms with Crippen LogP contribution in [-0.2, 0) is 0 Å². The van der Waals surface area contributed by atoms with Crippen molar-refractivity contribution in [3.8, 4) is 17.1 Å². The third kappa shape index (κ3) is 3.44. The molecule has 2 aromatic heterocycles. The smallest absolute Gasteiger partial charge is 0.259 e. The zero-order valence-corrected chi connectivity index (χ0v) is 15.4. The molecule has 2 heterocycles. The number of para-hydroxylation sites is 1. The first kappa shape index (κ1) is 17.7. The van der Waals surface area contributed by atoms with Gasteiger partial charge >= 0.3 is 0 Å². The van der Waals surface area contributed by atoms with Crippen LogP contribution in [0.4, 0.5) is 10.1 Å². The summed E-state index contributed by atoms with van der Waals surface area (Å²) < 4.78 is 20.9. The van der Waals surface area contributed by atoms with Gasteiger partial charge in [-0.3, -0.25) is 4.79 Å². The van der Waals surface area contributed by atoms with Crippen molar-refractivity contribution in [1.82, 2.24) is 9.78 Å². The monoisotopic (exact) mass is 375 g/mol. The fourth-order valence-electron chi connectivity index (χ4n) is 2.92. The maximum absolute atomic E-state index is 13.6. The zero-order chi connectivity index (χ0) is 19.7. The summed E-state index contributed by atoms with van der Waals surface area (Å²) in [7, 11) is 0. The lowest BCUT2D eigenvalue weighted by Gasteiger charge is -2.08. The average Bonchev–Trinajstić information content (AvgIpc) is 3.32. The molecule has 0 radical (unpaired) electrons. The Morgan fingerprint density at radius 3 is 2.57 bits per heavy atom. The number of furan rings is 1. The molecular formula is C22H18FN3O2. The van der Waals surface area contributed by atoms with E-state index in [1.807, 2.05) is 43.3 Å². The highest BCUT2D eigenvalue weighted by molar-refractivity contribution is 6.08. The van der Waals surface area contributed by atoms with E-state index < -0.39 is 5.82 Å². The molecule has 2 aromatic carbocycles. The van der Waals surface area contributed by atoms with E-state index in [9.17, 15) is 9.18 Å². The normalized spacial score (nSPS) is 10.8. The third-order valence-electron chi connectivity index (χ3n) is 4.40. The van der Waals surface area contributed by atoms with E-state index >= 15 is 0 Å². The second kappa shape index (κ2) is 7.15. The molecule has 0 aliphatic rings. The first-order valence-corrected chi connectivity index (χ1v) is 8.80. The molecule has 5 nitrogen and oxygen atoms in total. The molecule has 0 atom stereocenters. The van der Waals surface area contributed by atoms with Crippen LogP contribution in [0.1, 0.15) is 21.7 Å². The minimum absolute atomic E-state index is 0.335. The number of amides is 1. The number of benzene rings is 2. The van der Waals surface area contributed by atoms with Gasteiger partial charge in [0.25, 0.3) is 5.91 Å². The highest BCUT2D eigenvalue weighted by atomic mass is 19.1. The van der Waals surface area contributed by atoms with Crippen LogP contribution in [0, 0.1) is 19.7 Å². The minimum atomic E-state index is -0.414. The van der Waals surface area contributed by atoms with Gasteiger partial charge in [-0.15, -0.1) is 0 Å².